The van der Waals surface area contributed by atoms with Gasteiger partial charge in [-0.05, 0) is 50.6 Å². The van der Waals surface area contributed by atoms with E-state index >= 15 is 0 Å². The molecule has 0 spiro atoms. The molecule has 0 radical (unpaired) electrons. The quantitative estimate of drug-likeness (QED) is 0.656. The lowest BCUT2D eigenvalue weighted by molar-refractivity contribution is 0.00621. The number of rotatable bonds is 1. The molecule has 1 fully saturated rings. The Kier molecular flexibility index (Phi) is 5.47. The Morgan fingerprint density at radius 1 is 1.07 bits per heavy atom. The molecule has 0 saturated carbocycles. The minimum Gasteiger partial charge on any atom is -0.444 e. The Bertz CT molecular complexity index is 875. The van der Waals surface area contributed by atoms with Crippen molar-refractivity contribution in [3.63, 3.8) is 0 Å². The average Bonchev–Trinajstić information content (AvgIpc) is 2.59. The van der Waals surface area contributed by atoms with Gasteiger partial charge in [0.1, 0.15) is 5.60 Å². The summed E-state index contributed by atoms with van der Waals surface area (Å²) in [5, 5.41) is 1.95. The fourth-order valence-corrected chi connectivity index (χ4v) is 3.86. The Balaban J connectivity index is 1.78. The van der Waals surface area contributed by atoms with Gasteiger partial charge in [0.25, 0.3) is 5.91 Å². The van der Waals surface area contributed by atoms with Crippen LogP contribution in [-0.2, 0) is 4.74 Å². The Morgan fingerprint density at radius 2 is 1.74 bits per heavy atom. The maximum Gasteiger partial charge on any atom is 0.410 e. The number of ether oxygens (including phenoxy) is 1. The molecule has 1 saturated heterocycles. The van der Waals surface area contributed by atoms with Crippen LogP contribution in [-0.4, -0.2) is 53.1 Å². The van der Waals surface area contributed by atoms with Gasteiger partial charge in [-0.15, -0.1) is 0 Å². The molecule has 5 nitrogen and oxygen atoms in total. The van der Waals surface area contributed by atoms with Crippen molar-refractivity contribution in [2.75, 3.05) is 19.6 Å². The van der Waals surface area contributed by atoms with E-state index in [1.54, 1.807) is 4.90 Å². The third kappa shape index (κ3) is 4.26. The van der Waals surface area contributed by atoms with Crippen molar-refractivity contribution in [1.29, 1.82) is 0 Å². The fourth-order valence-electron chi connectivity index (χ4n) is 3.36. The number of nitrogens with zero attached hydrogens (tertiary/aromatic N) is 2. The van der Waals surface area contributed by atoms with Gasteiger partial charge in [-0.25, -0.2) is 4.79 Å². The smallest absolute Gasteiger partial charge is 0.410 e. The highest BCUT2D eigenvalue weighted by Crippen LogP contribution is 2.28. The lowest BCUT2D eigenvalue weighted by Gasteiger charge is -2.40. The lowest BCUT2D eigenvalue weighted by atomic mass is 10.0. The minimum absolute atomic E-state index is 0.00459. The zero-order valence-corrected chi connectivity index (χ0v) is 17.7. The predicted molar refractivity (Wildman–Crippen MR) is 110 cm³/mol. The van der Waals surface area contributed by atoms with E-state index in [4.69, 9.17) is 4.74 Å². The summed E-state index contributed by atoms with van der Waals surface area (Å²) in [7, 11) is 0. The van der Waals surface area contributed by atoms with Gasteiger partial charge in [-0.3, -0.25) is 4.79 Å². The Morgan fingerprint density at radius 3 is 2.41 bits per heavy atom. The van der Waals surface area contributed by atoms with E-state index in [0.29, 0.717) is 25.2 Å². The van der Waals surface area contributed by atoms with E-state index in [-0.39, 0.29) is 18.0 Å². The summed E-state index contributed by atoms with van der Waals surface area (Å²) < 4.78 is 6.42. The van der Waals surface area contributed by atoms with Gasteiger partial charge in [0, 0.05) is 35.7 Å². The van der Waals surface area contributed by atoms with Gasteiger partial charge < -0.3 is 14.5 Å². The number of fused-ring (bicyclic) bond motifs is 1. The van der Waals surface area contributed by atoms with Crippen molar-refractivity contribution in [2.24, 2.45) is 0 Å². The lowest BCUT2D eigenvalue weighted by Crippen LogP contribution is -2.56. The van der Waals surface area contributed by atoms with Crippen LogP contribution in [0.2, 0.25) is 0 Å². The highest BCUT2D eigenvalue weighted by Gasteiger charge is 2.32. The first-order chi connectivity index (χ1) is 12.7. The number of amides is 2. The van der Waals surface area contributed by atoms with E-state index < -0.39 is 5.60 Å². The average molecular weight is 433 g/mol. The number of piperazine rings is 1. The van der Waals surface area contributed by atoms with Crippen LogP contribution in [0.1, 0.15) is 38.1 Å². The highest BCUT2D eigenvalue weighted by molar-refractivity contribution is 9.10. The fraction of sp³-hybridized carbons (Fsp3) is 0.429. The second-order valence-corrected chi connectivity index (χ2v) is 8.77. The maximum atomic E-state index is 13.2. The van der Waals surface area contributed by atoms with E-state index in [9.17, 15) is 9.59 Å². The van der Waals surface area contributed by atoms with Crippen LogP contribution in [0.25, 0.3) is 10.8 Å². The number of halogens is 1. The normalized spacial score (nSPS) is 17.9. The molecule has 0 aliphatic carbocycles. The van der Waals surface area contributed by atoms with Gasteiger partial charge in [-0.2, -0.15) is 0 Å². The molecule has 0 bridgehead atoms. The topological polar surface area (TPSA) is 49.9 Å². The summed E-state index contributed by atoms with van der Waals surface area (Å²) in [6, 6.07) is 11.6. The van der Waals surface area contributed by atoms with Crippen LogP contribution in [0, 0.1) is 0 Å². The zero-order valence-electron chi connectivity index (χ0n) is 16.2. The first kappa shape index (κ1) is 19.7. The van der Waals surface area contributed by atoms with E-state index in [1.165, 1.54) is 0 Å². The molecular formula is C21H25BrN2O3. The molecular weight excluding hydrogens is 408 g/mol. The zero-order chi connectivity index (χ0) is 19.8. The number of benzene rings is 2. The summed E-state index contributed by atoms with van der Waals surface area (Å²) in [4.78, 5) is 29.1. The first-order valence-electron chi connectivity index (χ1n) is 9.13. The van der Waals surface area contributed by atoms with Crippen LogP contribution in [0.3, 0.4) is 0 Å². The summed E-state index contributed by atoms with van der Waals surface area (Å²) in [6.07, 6.45) is -0.324. The van der Waals surface area contributed by atoms with E-state index in [0.717, 1.165) is 15.2 Å². The SMILES string of the molecule is C[C@@H]1CN(C(=O)OC(C)(C)C)CCN1C(=O)c1cccc2c(Br)cccc12. The van der Waals surface area contributed by atoms with Gasteiger partial charge >= 0.3 is 6.09 Å². The van der Waals surface area contributed by atoms with Gasteiger partial charge in [-0.1, -0.05) is 40.2 Å². The second-order valence-electron chi connectivity index (χ2n) is 7.91. The molecule has 1 aliphatic rings. The van der Waals surface area contributed by atoms with Crippen LogP contribution in [0.5, 0.6) is 0 Å². The standard InChI is InChI=1S/C21H25BrN2O3/c1-14-13-23(20(26)27-21(2,3)4)11-12-24(14)19(25)17-9-5-8-16-15(17)7-6-10-18(16)22/h5-10,14H,11-13H2,1-4H3/t14-/m1/s1. The van der Waals surface area contributed by atoms with Gasteiger partial charge in [0.15, 0.2) is 0 Å². The number of hydrogen-bond acceptors (Lipinski definition) is 3. The van der Waals surface area contributed by atoms with Crippen molar-refractivity contribution in [1.82, 2.24) is 9.80 Å². The highest BCUT2D eigenvalue weighted by atomic mass is 79.9. The molecule has 2 aromatic rings. The van der Waals surface area contributed by atoms with E-state index in [1.807, 2.05) is 69.0 Å². The Hall–Kier alpha value is -2.08. The molecule has 1 aliphatic heterocycles. The van der Waals surface area contributed by atoms with Crippen molar-refractivity contribution in [2.45, 2.75) is 39.3 Å². The number of carbonyl (C=O) groups is 2. The molecule has 2 amide bonds. The Labute approximate surface area is 168 Å². The number of hydrogen-bond donors (Lipinski definition) is 0. The third-order valence-electron chi connectivity index (χ3n) is 4.64. The molecule has 0 unspecified atom stereocenters. The second kappa shape index (κ2) is 7.50. The van der Waals surface area contributed by atoms with Crippen molar-refractivity contribution in [3.05, 3.63) is 46.4 Å². The monoisotopic (exact) mass is 432 g/mol. The van der Waals surface area contributed by atoms with Crippen LogP contribution >= 0.6 is 15.9 Å². The largest absolute Gasteiger partial charge is 0.444 e. The third-order valence-corrected chi connectivity index (χ3v) is 5.33. The van der Waals surface area contributed by atoms with Crippen LogP contribution in [0.15, 0.2) is 40.9 Å². The van der Waals surface area contributed by atoms with Gasteiger partial charge in [0.05, 0.1) is 0 Å². The summed E-state index contributed by atoms with van der Waals surface area (Å²) in [5.74, 6) is -0.00459. The molecule has 2 aromatic carbocycles. The van der Waals surface area contributed by atoms with Crippen LogP contribution < -0.4 is 0 Å². The molecule has 1 atom stereocenters. The van der Waals surface area contributed by atoms with Crippen LogP contribution in [0.4, 0.5) is 4.79 Å². The molecule has 144 valence electrons. The molecule has 0 N–H and O–H groups in total. The summed E-state index contributed by atoms with van der Waals surface area (Å²) in [6.45, 7) is 8.96. The number of carbonyl (C=O) groups excluding carboxylic acids is 2. The molecule has 1 heterocycles. The summed E-state index contributed by atoms with van der Waals surface area (Å²) in [5.41, 5.74) is 0.162. The van der Waals surface area contributed by atoms with Gasteiger partial charge in [0.2, 0.25) is 0 Å². The van der Waals surface area contributed by atoms with E-state index in [2.05, 4.69) is 15.9 Å². The van der Waals surface area contributed by atoms with Crippen molar-refractivity contribution >= 4 is 38.7 Å². The molecule has 0 aromatic heterocycles. The first-order valence-corrected chi connectivity index (χ1v) is 9.93. The predicted octanol–water partition coefficient (Wildman–Crippen LogP) is 4.68. The molecule has 27 heavy (non-hydrogen) atoms. The van der Waals surface area contributed by atoms with Crippen molar-refractivity contribution < 1.29 is 14.3 Å². The molecule has 3 rings (SSSR count). The molecule has 6 heteroatoms. The minimum atomic E-state index is -0.524. The van der Waals surface area contributed by atoms with Crippen molar-refractivity contribution in [3.8, 4) is 0 Å². The maximum absolute atomic E-state index is 13.2. The summed E-state index contributed by atoms with van der Waals surface area (Å²) >= 11 is 3.55.